The van der Waals surface area contributed by atoms with E-state index in [9.17, 15) is 4.79 Å². The van der Waals surface area contributed by atoms with Crippen LogP contribution < -0.4 is 11.1 Å². The predicted octanol–water partition coefficient (Wildman–Crippen LogP) is -1.84. The van der Waals surface area contributed by atoms with Gasteiger partial charge in [-0.15, -0.1) is 0 Å². The first-order valence-corrected chi connectivity index (χ1v) is 5.71. The molecule has 3 N–H and O–H groups in total. The van der Waals surface area contributed by atoms with Gasteiger partial charge in [-0.2, -0.15) is 0 Å². The Balaban J connectivity index is 1.87. The maximum atomic E-state index is 11.3. The second-order valence-electron chi connectivity index (χ2n) is 4.18. The van der Waals surface area contributed by atoms with E-state index in [-0.39, 0.29) is 18.1 Å². The van der Waals surface area contributed by atoms with E-state index in [4.69, 9.17) is 15.2 Å². The Bertz CT molecular complexity index is 243. The zero-order valence-corrected chi connectivity index (χ0v) is 9.35. The zero-order valence-electron chi connectivity index (χ0n) is 9.35. The first-order chi connectivity index (χ1) is 7.77. The molecule has 2 atom stereocenters. The van der Waals surface area contributed by atoms with E-state index in [0.717, 1.165) is 32.8 Å². The third-order valence-electron chi connectivity index (χ3n) is 3.01. The Kier molecular flexibility index (Phi) is 4.11. The molecule has 2 saturated heterocycles. The van der Waals surface area contributed by atoms with Crippen LogP contribution in [0.4, 0.5) is 0 Å². The van der Waals surface area contributed by atoms with Crippen molar-refractivity contribution < 1.29 is 14.3 Å². The summed E-state index contributed by atoms with van der Waals surface area (Å²) in [6.07, 6.45) is 0.147. The van der Waals surface area contributed by atoms with Crippen molar-refractivity contribution in [2.75, 3.05) is 46.0 Å². The van der Waals surface area contributed by atoms with Gasteiger partial charge in [0, 0.05) is 26.2 Å². The van der Waals surface area contributed by atoms with Crippen molar-refractivity contribution in [3.63, 3.8) is 0 Å². The number of nitrogens with two attached hydrogens (primary N) is 1. The van der Waals surface area contributed by atoms with E-state index in [0.29, 0.717) is 13.2 Å². The molecule has 0 aliphatic carbocycles. The molecule has 2 heterocycles. The number of amides is 1. The molecule has 2 aliphatic heterocycles. The fourth-order valence-electron chi connectivity index (χ4n) is 2.12. The minimum atomic E-state index is -0.316. The summed E-state index contributed by atoms with van der Waals surface area (Å²) in [5.74, 6) is -0.316. The molecule has 0 radical (unpaired) electrons. The van der Waals surface area contributed by atoms with Crippen LogP contribution >= 0.6 is 0 Å². The molecule has 0 saturated carbocycles. The molecule has 6 nitrogen and oxygen atoms in total. The minimum Gasteiger partial charge on any atom is -0.378 e. The normalized spacial score (nSPS) is 32.5. The summed E-state index contributed by atoms with van der Waals surface area (Å²) in [7, 11) is 0. The summed E-state index contributed by atoms with van der Waals surface area (Å²) in [5.41, 5.74) is 5.35. The van der Waals surface area contributed by atoms with Gasteiger partial charge in [-0.05, 0) is 0 Å². The topological polar surface area (TPSA) is 76.8 Å². The van der Waals surface area contributed by atoms with Crippen LogP contribution in [-0.2, 0) is 14.3 Å². The van der Waals surface area contributed by atoms with E-state index < -0.39 is 0 Å². The summed E-state index contributed by atoms with van der Waals surface area (Å²) in [6, 6.07) is -0.306. The van der Waals surface area contributed by atoms with Crippen LogP contribution in [0, 0.1) is 0 Å². The Morgan fingerprint density at radius 1 is 1.50 bits per heavy atom. The van der Waals surface area contributed by atoms with Crippen LogP contribution in [0.5, 0.6) is 0 Å². The Hall–Kier alpha value is -0.690. The van der Waals surface area contributed by atoms with Crippen molar-refractivity contribution in [3.05, 3.63) is 0 Å². The summed E-state index contributed by atoms with van der Waals surface area (Å²) in [6.45, 7) is 5.01. The highest BCUT2D eigenvalue weighted by molar-refractivity contribution is 5.80. The van der Waals surface area contributed by atoms with Crippen LogP contribution in [0.25, 0.3) is 0 Å². The third kappa shape index (κ3) is 2.91. The largest absolute Gasteiger partial charge is 0.378 e. The van der Waals surface area contributed by atoms with Crippen LogP contribution in [0.15, 0.2) is 0 Å². The molecule has 2 aliphatic rings. The molecule has 0 spiro atoms. The molecule has 92 valence electrons. The van der Waals surface area contributed by atoms with Gasteiger partial charge in [-0.1, -0.05) is 0 Å². The van der Waals surface area contributed by atoms with E-state index in [1.54, 1.807) is 0 Å². The number of nitrogens with zero attached hydrogens (tertiary/aromatic N) is 1. The summed E-state index contributed by atoms with van der Waals surface area (Å²) in [4.78, 5) is 13.3. The number of primary amides is 1. The fraction of sp³-hybridized carbons (Fsp3) is 0.900. The molecule has 16 heavy (non-hydrogen) atoms. The smallest absolute Gasteiger partial charge is 0.237 e. The molecule has 1 amide bonds. The molecule has 2 fully saturated rings. The van der Waals surface area contributed by atoms with E-state index in [1.807, 2.05) is 0 Å². The summed E-state index contributed by atoms with van der Waals surface area (Å²) >= 11 is 0. The van der Waals surface area contributed by atoms with E-state index in [2.05, 4.69) is 10.2 Å². The third-order valence-corrected chi connectivity index (χ3v) is 3.01. The summed E-state index contributed by atoms with van der Waals surface area (Å²) < 4.78 is 10.9. The predicted molar refractivity (Wildman–Crippen MR) is 58.0 cm³/mol. The van der Waals surface area contributed by atoms with Crippen molar-refractivity contribution in [3.8, 4) is 0 Å². The Morgan fingerprint density at radius 3 is 3.06 bits per heavy atom. The van der Waals surface area contributed by atoms with Gasteiger partial charge in [0.1, 0.15) is 6.04 Å². The number of carbonyl (C=O) groups excluding carboxylic acids is 1. The maximum absolute atomic E-state index is 11.3. The second kappa shape index (κ2) is 5.58. The van der Waals surface area contributed by atoms with Crippen LogP contribution in [0.1, 0.15) is 0 Å². The number of morpholine rings is 2. The number of rotatable bonds is 3. The number of ether oxygens (including phenoxy) is 2. The molecule has 0 bridgehead atoms. The van der Waals surface area contributed by atoms with Gasteiger partial charge in [-0.3, -0.25) is 9.69 Å². The van der Waals surface area contributed by atoms with Crippen LogP contribution in [-0.4, -0.2) is 69.0 Å². The molecule has 0 aromatic heterocycles. The first-order valence-electron chi connectivity index (χ1n) is 5.71. The lowest BCUT2D eigenvalue weighted by atomic mass is 10.2. The molecular weight excluding hydrogens is 210 g/mol. The van der Waals surface area contributed by atoms with Crippen LogP contribution in [0.3, 0.4) is 0 Å². The van der Waals surface area contributed by atoms with Crippen molar-refractivity contribution in [2.45, 2.75) is 12.1 Å². The van der Waals surface area contributed by atoms with Gasteiger partial charge in [0.05, 0.1) is 25.9 Å². The monoisotopic (exact) mass is 229 g/mol. The zero-order chi connectivity index (χ0) is 11.4. The van der Waals surface area contributed by atoms with Crippen molar-refractivity contribution in [1.29, 1.82) is 0 Å². The van der Waals surface area contributed by atoms with Gasteiger partial charge >= 0.3 is 0 Å². The van der Waals surface area contributed by atoms with Crippen molar-refractivity contribution >= 4 is 5.91 Å². The Labute approximate surface area is 95.1 Å². The molecule has 2 rings (SSSR count). The molecule has 0 aromatic carbocycles. The van der Waals surface area contributed by atoms with Gasteiger partial charge < -0.3 is 20.5 Å². The quantitative estimate of drug-likeness (QED) is 0.595. The lowest BCUT2D eigenvalue weighted by Gasteiger charge is -2.36. The molecule has 2 unspecified atom stereocenters. The SMILES string of the molecule is NC(=O)C1COCCN1CC1CNCCO1. The highest BCUT2D eigenvalue weighted by Gasteiger charge is 2.30. The minimum absolute atomic E-state index is 0.147. The number of nitrogens with one attached hydrogen (secondary N) is 1. The second-order valence-corrected chi connectivity index (χ2v) is 4.18. The first kappa shape index (κ1) is 11.8. The standard InChI is InChI=1S/C10H19N3O3/c11-10(14)9-7-15-4-2-13(9)6-8-5-12-1-3-16-8/h8-9,12H,1-7H2,(H2,11,14). The average molecular weight is 229 g/mol. The van der Waals surface area contributed by atoms with Gasteiger partial charge in [0.2, 0.25) is 5.91 Å². The van der Waals surface area contributed by atoms with Gasteiger partial charge in [-0.25, -0.2) is 0 Å². The highest BCUT2D eigenvalue weighted by Crippen LogP contribution is 2.09. The average Bonchev–Trinajstić information content (AvgIpc) is 2.31. The number of carbonyl (C=O) groups is 1. The van der Waals surface area contributed by atoms with Crippen LogP contribution in [0.2, 0.25) is 0 Å². The summed E-state index contributed by atoms with van der Waals surface area (Å²) in [5, 5.41) is 3.27. The number of hydrogen-bond donors (Lipinski definition) is 2. The fourth-order valence-corrected chi connectivity index (χ4v) is 2.12. The Morgan fingerprint density at radius 2 is 2.38 bits per heavy atom. The molecule has 0 aromatic rings. The number of hydrogen-bond acceptors (Lipinski definition) is 5. The maximum Gasteiger partial charge on any atom is 0.237 e. The van der Waals surface area contributed by atoms with E-state index in [1.165, 1.54) is 0 Å². The van der Waals surface area contributed by atoms with Crippen molar-refractivity contribution in [1.82, 2.24) is 10.2 Å². The lowest BCUT2D eigenvalue weighted by Crippen LogP contribution is -2.56. The lowest BCUT2D eigenvalue weighted by molar-refractivity contribution is -0.131. The molecular formula is C10H19N3O3. The van der Waals surface area contributed by atoms with Gasteiger partial charge in [0.15, 0.2) is 0 Å². The van der Waals surface area contributed by atoms with Crippen molar-refractivity contribution in [2.24, 2.45) is 5.73 Å². The van der Waals surface area contributed by atoms with E-state index >= 15 is 0 Å². The van der Waals surface area contributed by atoms with Gasteiger partial charge in [0.25, 0.3) is 0 Å². The highest BCUT2D eigenvalue weighted by atomic mass is 16.5. The molecule has 6 heteroatoms.